The highest BCUT2D eigenvalue weighted by atomic mass is 127. The van der Waals surface area contributed by atoms with Gasteiger partial charge in [-0.2, -0.15) is 0 Å². The van der Waals surface area contributed by atoms with Crippen LogP contribution in [-0.4, -0.2) is 35.0 Å². The minimum atomic E-state index is -1.20. The van der Waals surface area contributed by atoms with Crippen LogP contribution in [0, 0.1) is 9.39 Å². The summed E-state index contributed by atoms with van der Waals surface area (Å²) in [4.78, 5) is 25.5. The highest BCUT2D eigenvalue weighted by Gasteiger charge is 2.29. The molecule has 0 fully saturated rings. The Balaban J connectivity index is 1.74. The van der Waals surface area contributed by atoms with Gasteiger partial charge in [0.2, 0.25) is 5.91 Å². The van der Waals surface area contributed by atoms with E-state index < -0.39 is 11.8 Å². The molecular formula is C19H16Cl2FIN2O3. The van der Waals surface area contributed by atoms with E-state index in [9.17, 15) is 14.0 Å². The first-order chi connectivity index (χ1) is 13.2. The van der Waals surface area contributed by atoms with E-state index >= 15 is 0 Å². The zero-order chi connectivity index (χ0) is 20.6. The maximum Gasteiger partial charge on any atom is 0.336 e. The third kappa shape index (κ3) is 4.21. The number of fused-ring (bicyclic) bond motifs is 1. The number of hydrogen-bond acceptors (Lipinski definition) is 3. The second-order valence-electron chi connectivity index (χ2n) is 6.44. The monoisotopic (exact) mass is 536 g/mol. The van der Waals surface area contributed by atoms with Gasteiger partial charge in [0.1, 0.15) is 5.82 Å². The molecule has 0 saturated heterocycles. The lowest BCUT2D eigenvalue weighted by atomic mass is 9.93. The van der Waals surface area contributed by atoms with Crippen LogP contribution in [0.3, 0.4) is 0 Å². The van der Waals surface area contributed by atoms with Gasteiger partial charge in [-0.3, -0.25) is 4.79 Å². The van der Waals surface area contributed by atoms with Crippen LogP contribution in [-0.2, 0) is 11.2 Å². The molecule has 1 amide bonds. The zero-order valence-electron chi connectivity index (χ0n) is 14.7. The van der Waals surface area contributed by atoms with Crippen LogP contribution in [0.4, 0.5) is 10.1 Å². The Morgan fingerprint density at radius 3 is 2.71 bits per heavy atom. The number of carboxylic acids is 1. The summed E-state index contributed by atoms with van der Waals surface area (Å²) in [6.07, 6.45) is 0.630. The Bertz CT molecular complexity index is 971. The lowest BCUT2D eigenvalue weighted by Crippen LogP contribution is -2.42. The Hall–Kier alpha value is -1.58. The van der Waals surface area contributed by atoms with Crippen molar-refractivity contribution in [2.75, 3.05) is 18.4 Å². The van der Waals surface area contributed by atoms with Gasteiger partial charge < -0.3 is 15.3 Å². The molecule has 1 aliphatic heterocycles. The molecule has 5 nitrogen and oxygen atoms in total. The average Bonchev–Trinajstić information content (AvgIpc) is 2.61. The van der Waals surface area contributed by atoms with Crippen molar-refractivity contribution in [2.24, 2.45) is 0 Å². The molecule has 0 bridgehead atoms. The fraction of sp³-hybridized carbons (Fsp3) is 0.263. The summed E-state index contributed by atoms with van der Waals surface area (Å²) in [7, 11) is 0. The third-order valence-electron chi connectivity index (χ3n) is 4.72. The minimum Gasteiger partial charge on any atom is -0.478 e. The summed E-state index contributed by atoms with van der Waals surface area (Å²) in [6.45, 7) is 2.27. The topological polar surface area (TPSA) is 69.6 Å². The molecule has 3 rings (SSSR count). The SMILES string of the molecule is CC1c2c(Cl)cc(Cl)cc2CCN1C(=O)CNc1cc(I)c(C(=O)O)cc1F. The summed E-state index contributed by atoms with van der Waals surface area (Å²) in [5, 5.41) is 12.9. The molecule has 2 N–H and O–H groups in total. The van der Waals surface area contributed by atoms with Crippen molar-refractivity contribution >= 4 is 63.4 Å². The number of nitrogens with one attached hydrogen (secondary N) is 1. The number of aromatic carboxylic acids is 1. The van der Waals surface area contributed by atoms with E-state index in [1.165, 1.54) is 6.07 Å². The van der Waals surface area contributed by atoms with E-state index in [-0.39, 0.29) is 29.7 Å². The molecule has 0 saturated carbocycles. The number of halogens is 4. The van der Waals surface area contributed by atoms with Crippen molar-refractivity contribution in [3.8, 4) is 0 Å². The van der Waals surface area contributed by atoms with Gasteiger partial charge in [0.05, 0.1) is 23.8 Å². The normalized spacial score (nSPS) is 15.9. The van der Waals surface area contributed by atoms with E-state index in [1.54, 1.807) is 11.0 Å². The Morgan fingerprint density at radius 2 is 2.04 bits per heavy atom. The van der Waals surface area contributed by atoms with Crippen LogP contribution in [0.1, 0.15) is 34.5 Å². The first-order valence-corrected chi connectivity index (χ1v) is 10.3. The molecule has 0 aromatic heterocycles. The molecule has 0 radical (unpaired) electrons. The minimum absolute atomic E-state index is 0.0811. The van der Waals surface area contributed by atoms with Gasteiger partial charge in [0.25, 0.3) is 0 Å². The number of hydrogen-bond donors (Lipinski definition) is 2. The lowest BCUT2D eigenvalue weighted by Gasteiger charge is -2.36. The summed E-state index contributed by atoms with van der Waals surface area (Å²) >= 11 is 14.2. The molecule has 2 aromatic rings. The van der Waals surface area contributed by atoms with Gasteiger partial charge in [0.15, 0.2) is 0 Å². The van der Waals surface area contributed by atoms with Crippen LogP contribution in [0.15, 0.2) is 24.3 Å². The highest BCUT2D eigenvalue weighted by Crippen LogP contribution is 2.37. The Morgan fingerprint density at radius 1 is 1.32 bits per heavy atom. The maximum atomic E-state index is 14.2. The van der Waals surface area contributed by atoms with Crippen LogP contribution < -0.4 is 5.32 Å². The lowest BCUT2D eigenvalue weighted by molar-refractivity contribution is -0.131. The van der Waals surface area contributed by atoms with E-state index in [1.807, 2.05) is 35.6 Å². The average molecular weight is 537 g/mol. The summed E-state index contributed by atoms with van der Waals surface area (Å²) < 4.78 is 14.5. The molecule has 9 heteroatoms. The predicted octanol–water partition coefficient (Wildman–Crippen LogP) is 4.99. The largest absolute Gasteiger partial charge is 0.478 e. The number of nitrogens with zero attached hydrogens (tertiary/aromatic N) is 1. The van der Waals surface area contributed by atoms with Gasteiger partial charge >= 0.3 is 5.97 Å². The molecule has 0 spiro atoms. The van der Waals surface area contributed by atoms with Crippen molar-refractivity contribution in [2.45, 2.75) is 19.4 Å². The predicted molar refractivity (Wildman–Crippen MR) is 115 cm³/mol. The van der Waals surface area contributed by atoms with Crippen molar-refractivity contribution in [1.82, 2.24) is 4.90 Å². The molecule has 2 aromatic carbocycles. The molecular weight excluding hydrogens is 521 g/mol. The van der Waals surface area contributed by atoms with Gasteiger partial charge in [-0.1, -0.05) is 23.2 Å². The van der Waals surface area contributed by atoms with Gasteiger partial charge in [-0.05, 0) is 71.3 Å². The number of anilines is 1. The quantitative estimate of drug-likeness (QED) is 0.540. The van der Waals surface area contributed by atoms with Gasteiger partial charge in [-0.25, -0.2) is 9.18 Å². The number of carbonyl (C=O) groups excluding carboxylic acids is 1. The number of carbonyl (C=O) groups is 2. The number of benzene rings is 2. The summed E-state index contributed by atoms with van der Waals surface area (Å²) in [5.41, 5.74) is 1.85. The molecule has 148 valence electrons. The third-order valence-corrected chi connectivity index (χ3v) is 6.15. The van der Waals surface area contributed by atoms with Crippen LogP contribution in [0.5, 0.6) is 0 Å². The fourth-order valence-electron chi connectivity index (χ4n) is 3.36. The molecule has 0 aliphatic carbocycles. The standard InChI is InChI=1S/C19H16Cl2FIN2O3/c1-9-18-10(4-11(20)5-13(18)21)2-3-25(9)17(26)8-24-16-7-15(23)12(19(27)28)6-14(16)22/h4-7,9,24H,2-3,8H2,1H3,(H,27,28). The van der Waals surface area contributed by atoms with Crippen molar-refractivity contribution < 1.29 is 19.1 Å². The van der Waals surface area contributed by atoms with Gasteiger partial charge in [-0.15, -0.1) is 0 Å². The highest BCUT2D eigenvalue weighted by molar-refractivity contribution is 14.1. The second-order valence-corrected chi connectivity index (χ2v) is 8.45. The summed E-state index contributed by atoms with van der Waals surface area (Å²) in [5.74, 6) is -2.13. The molecule has 1 aliphatic rings. The van der Waals surface area contributed by atoms with Crippen molar-refractivity contribution in [3.63, 3.8) is 0 Å². The maximum absolute atomic E-state index is 14.2. The van der Waals surface area contributed by atoms with Crippen LogP contribution in [0.25, 0.3) is 0 Å². The van der Waals surface area contributed by atoms with Crippen molar-refractivity contribution in [1.29, 1.82) is 0 Å². The van der Waals surface area contributed by atoms with Crippen LogP contribution >= 0.6 is 45.8 Å². The number of rotatable bonds is 4. The Labute approximate surface area is 184 Å². The van der Waals surface area contributed by atoms with E-state index in [4.69, 9.17) is 28.3 Å². The molecule has 28 heavy (non-hydrogen) atoms. The summed E-state index contributed by atoms with van der Waals surface area (Å²) in [6, 6.07) is 5.61. The van der Waals surface area contributed by atoms with E-state index in [2.05, 4.69) is 5.32 Å². The fourth-order valence-corrected chi connectivity index (χ4v) is 4.75. The number of carboxylic acid groups (broad SMARTS) is 1. The molecule has 1 atom stereocenters. The van der Waals surface area contributed by atoms with Crippen LogP contribution in [0.2, 0.25) is 10.0 Å². The van der Waals surface area contributed by atoms with E-state index in [0.29, 0.717) is 26.6 Å². The first-order valence-electron chi connectivity index (χ1n) is 8.42. The number of amides is 1. The first kappa shape index (κ1) is 21.1. The Kier molecular flexibility index (Phi) is 6.36. The molecule has 1 heterocycles. The second kappa shape index (κ2) is 8.42. The van der Waals surface area contributed by atoms with E-state index in [0.717, 1.165) is 17.2 Å². The molecule has 1 unspecified atom stereocenters. The van der Waals surface area contributed by atoms with Crippen molar-refractivity contribution in [3.05, 3.63) is 60.4 Å². The zero-order valence-corrected chi connectivity index (χ0v) is 18.4. The smallest absolute Gasteiger partial charge is 0.336 e. The van der Waals surface area contributed by atoms with Gasteiger partial charge in [0, 0.05) is 20.2 Å².